The molecule has 2 aromatic rings. The van der Waals surface area contributed by atoms with Gasteiger partial charge in [0.15, 0.2) is 0 Å². The van der Waals surface area contributed by atoms with Gasteiger partial charge in [0.05, 0.1) is 11.9 Å². The zero-order chi connectivity index (χ0) is 11.0. The van der Waals surface area contributed by atoms with E-state index in [1.165, 1.54) is 23.6 Å². The van der Waals surface area contributed by atoms with Crippen LogP contribution < -0.4 is 5.32 Å². The molecule has 0 bridgehead atoms. The number of benzene rings is 1. The van der Waals surface area contributed by atoms with Crippen LogP contribution in [0.1, 0.15) is 19.8 Å². The van der Waals surface area contributed by atoms with Gasteiger partial charge in [-0.15, -0.1) is 0 Å². The van der Waals surface area contributed by atoms with Crippen molar-refractivity contribution < 1.29 is 0 Å². The van der Waals surface area contributed by atoms with Crippen molar-refractivity contribution in [1.82, 2.24) is 4.98 Å². The molecule has 1 aromatic carbocycles. The topological polar surface area (TPSA) is 24.9 Å². The van der Waals surface area contributed by atoms with E-state index < -0.39 is 0 Å². The maximum atomic E-state index is 4.28. The summed E-state index contributed by atoms with van der Waals surface area (Å²) in [4.78, 5) is 4.28. The third-order valence-corrected chi connectivity index (χ3v) is 3.38. The van der Waals surface area contributed by atoms with Crippen LogP contribution in [0, 0.1) is 5.92 Å². The maximum Gasteiger partial charge on any atom is 0.0608 e. The minimum absolute atomic E-state index is 0.563. The second-order valence-electron chi connectivity index (χ2n) is 4.68. The fraction of sp³-hybridized carbons (Fsp3) is 0.357. The highest BCUT2D eigenvalue weighted by Crippen LogP contribution is 2.34. The molecule has 1 aliphatic carbocycles. The van der Waals surface area contributed by atoms with Gasteiger partial charge in [0.25, 0.3) is 0 Å². The molecule has 1 unspecified atom stereocenters. The fourth-order valence-electron chi connectivity index (χ4n) is 2.19. The van der Waals surface area contributed by atoms with Crippen LogP contribution in [0.4, 0.5) is 5.69 Å². The van der Waals surface area contributed by atoms with Crippen molar-refractivity contribution in [2.75, 3.05) is 5.32 Å². The summed E-state index contributed by atoms with van der Waals surface area (Å²) >= 11 is 0. The van der Waals surface area contributed by atoms with E-state index in [1.54, 1.807) is 0 Å². The van der Waals surface area contributed by atoms with Gasteiger partial charge in [0, 0.05) is 23.0 Å². The van der Waals surface area contributed by atoms with Gasteiger partial charge in [-0.2, -0.15) is 0 Å². The molecular weight excluding hydrogens is 196 g/mol. The van der Waals surface area contributed by atoms with Gasteiger partial charge in [0.2, 0.25) is 0 Å². The Balaban J connectivity index is 1.95. The second-order valence-corrected chi connectivity index (χ2v) is 4.68. The monoisotopic (exact) mass is 212 g/mol. The van der Waals surface area contributed by atoms with Crippen molar-refractivity contribution in [3.63, 3.8) is 0 Å². The number of nitrogens with zero attached hydrogens (tertiary/aromatic N) is 1. The first kappa shape index (κ1) is 9.64. The molecule has 1 aliphatic rings. The van der Waals surface area contributed by atoms with E-state index in [1.807, 2.05) is 12.4 Å². The Morgan fingerprint density at radius 3 is 2.88 bits per heavy atom. The normalized spacial score (nSPS) is 17.3. The van der Waals surface area contributed by atoms with Crippen molar-refractivity contribution in [3.05, 3.63) is 36.7 Å². The number of nitrogens with one attached hydrogen (secondary N) is 1. The lowest BCUT2D eigenvalue weighted by molar-refractivity contribution is 0.694. The molecule has 1 N–H and O–H groups in total. The lowest BCUT2D eigenvalue weighted by atomic mass is 10.1. The first-order valence-electron chi connectivity index (χ1n) is 5.94. The molecule has 1 heterocycles. The Hall–Kier alpha value is -1.57. The van der Waals surface area contributed by atoms with Crippen molar-refractivity contribution >= 4 is 16.5 Å². The van der Waals surface area contributed by atoms with Gasteiger partial charge in [-0.25, -0.2) is 0 Å². The molecule has 1 atom stereocenters. The predicted octanol–water partition coefficient (Wildman–Crippen LogP) is 3.45. The summed E-state index contributed by atoms with van der Waals surface area (Å²) in [6.45, 7) is 2.26. The van der Waals surface area contributed by atoms with E-state index in [0.717, 1.165) is 11.6 Å². The third-order valence-electron chi connectivity index (χ3n) is 3.38. The number of hydrogen-bond donors (Lipinski definition) is 1. The molecule has 16 heavy (non-hydrogen) atoms. The Morgan fingerprint density at radius 1 is 1.25 bits per heavy atom. The molecular formula is C14H16N2. The minimum Gasteiger partial charge on any atom is -0.381 e. The molecule has 0 saturated heterocycles. The van der Waals surface area contributed by atoms with Crippen LogP contribution in [0.25, 0.3) is 10.8 Å². The molecule has 1 saturated carbocycles. The highest BCUT2D eigenvalue weighted by molar-refractivity contribution is 5.92. The number of hydrogen-bond acceptors (Lipinski definition) is 2. The van der Waals surface area contributed by atoms with Gasteiger partial charge in [0.1, 0.15) is 0 Å². The molecule has 82 valence electrons. The Kier molecular flexibility index (Phi) is 2.28. The Labute approximate surface area is 95.7 Å². The Morgan fingerprint density at radius 2 is 2.06 bits per heavy atom. The third kappa shape index (κ3) is 1.75. The highest BCUT2D eigenvalue weighted by atomic mass is 14.9. The van der Waals surface area contributed by atoms with Crippen molar-refractivity contribution in [2.24, 2.45) is 5.92 Å². The van der Waals surface area contributed by atoms with E-state index in [4.69, 9.17) is 0 Å². The van der Waals surface area contributed by atoms with Crippen molar-refractivity contribution in [3.8, 4) is 0 Å². The molecule has 1 aromatic heterocycles. The van der Waals surface area contributed by atoms with Crippen LogP contribution in [0.3, 0.4) is 0 Å². The highest BCUT2D eigenvalue weighted by Gasteiger charge is 2.27. The van der Waals surface area contributed by atoms with Crippen molar-refractivity contribution in [2.45, 2.75) is 25.8 Å². The van der Waals surface area contributed by atoms with Crippen LogP contribution in [-0.4, -0.2) is 11.0 Å². The van der Waals surface area contributed by atoms with Crippen molar-refractivity contribution in [1.29, 1.82) is 0 Å². The van der Waals surface area contributed by atoms with E-state index in [9.17, 15) is 0 Å². The molecule has 0 amide bonds. The summed E-state index contributed by atoms with van der Waals surface area (Å²) in [6, 6.07) is 8.95. The van der Waals surface area contributed by atoms with E-state index in [2.05, 4.69) is 41.5 Å². The molecule has 3 rings (SSSR count). The quantitative estimate of drug-likeness (QED) is 0.843. The van der Waals surface area contributed by atoms with Gasteiger partial charge < -0.3 is 5.32 Å². The zero-order valence-corrected chi connectivity index (χ0v) is 9.48. The number of pyridine rings is 1. The largest absolute Gasteiger partial charge is 0.381 e. The average Bonchev–Trinajstić information content (AvgIpc) is 3.13. The lowest BCUT2D eigenvalue weighted by Gasteiger charge is -2.15. The van der Waals surface area contributed by atoms with E-state index in [0.29, 0.717) is 6.04 Å². The van der Waals surface area contributed by atoms with Gasteiger partial charge in [-0.05, 0) is 25.7 Å². The van der Waals surface area contributed by atoms with E-state index >= 15 is 0 Å². The number of anilines is 1. The van der Waals surface area contributed by atoms with Crippen LogP contribution >= 0.6 is 0 Å². The van der Waals surface area contributed by atoms with Crippen LogP contribution in [0.2, 0.25) is 0 Å². The predicted molar refractivity (Wildman–Crippen MR) is 67.6 cm³/mol. The summed E-state index contributed by atoms with van der Waals surface area (Å²) in [5.41, 5.74) is 1.16. The summed E-state index contributed by atoms with van der Waals surface area (Å²) in [6.07, 6.45) is 6.59. The number of fused-ring (bicyclic) bond motifs is 1. The zero-order valence-electron chi connectivity index (χ0n) is 9.48. The van der Waals surface area contributed by atoms with Gasteiger partial charge in [-0.1, -0.05) is 24.3 Å². The smallest absolute Gasteiger partial charge is 0.0608 e. The maximum absolute atomic E-state index is 4.28. The first-order chi connectivity index (χ1) is 7.84. The van der Waals surface area contributed by atoms with Gasteiger partial charge >= 0.3 is 0 Å². The van der Waals surface area contributed by atoms with Crippen LogP contribution in [0.15, 0.2) is 36.7 Å². The fourth-order valence-corrected chi connectivity index (χ4v) is 2.19. The molecule has 2 heteroatoms. The lowest BCUT2D eigenvalue weighted by Crippen LogP contribution is -2.17. The molecule has 1 fully saturated rings. The van der Waals surface area contributed by atoms with E-state index in [-0.39, 0.29) is 0 Å². The molecule has 0 radical (unpaired) electrons. The molecule has 0 aliphatic heterocycles. The minimum atomic E-state index is 0.563. The SMILES string of the molecule is CC(Nc1cncc2ccccc12)C1CC1. The number of aromatic nitrogens is 1. The summed E-state index contributed by atoms with van der Waals surface area (Å²) in [5, 5.41) is 6.06. The van der Waals surface area contributed by atoms with Gasteiger partial charge in [-0.3, -0.25) is 4.98 Å². The summed E-state index contributed by atoms with van der Waals surface area (Å²) in [5.74, 6) is 0.860. The molecule has 0 spiro atoms. The van der Waals surface area contributed by atoms with Crippen LogP contribution in [-0.2, 0) is 0 Å². The molecule has 2 nitrogen and oxygen atoms in total. The first-order valence-corrected chi connectivity index (χ1v) is 5.94. The second kappa shape index (κ2) is 3.78. The number of rotatable bonds is 3. The van der Waals surface area contributed by atoms with Crippen LogP contribution in [0.5, 0.6) is 0 Å². The average molecular weight is 212 g/mol. The summed E-state index contributed by atoms with van der Waals surface area (Å²) < 4.78 is 0. The standard InChI is InChI=1S/C14H16N2/c1-10(11-6-7-11)16-14-9-15-8-12-4-2-3-5-13(12)14/h2-5,8-11,16H,6-7H2,1H3. The Bertz CT molecular complexity index is 498. The summed E-state index contributed by atoms with van der Waals surface area (Å²) in [7, 11) is 0.